The molecule has 1 amide bonds. The average molecular weight is 409 g/mol. The first-order chi connectivity index (χ1) is 14.1. The van der Waals surface area contributed by atoms with E-state index in [0.29, 0.717) is 40.1 Å². The van der Waals surface area contributed by atoms with Crippen LogP contribution in [-0.4, -0.2) is 31.7 Å². The van der Waals surface area contributed by atoms with Gasteiger partial charge in [0, 0.05) is 0 Å². The van der Waals surface area contributed by atoms with Gasteiger partial charge in [0.25, 0.3) is 5.91 Å². The first-order valence-electron chi connectivity index (χ1n) is 8.77. The Bertz CT molecular complexity index is 1110. The maximum absolute atomic E-state index is 12.6. The van der Waals surface area contributed by atoms with Crippen molar-refractivity contribution in [2.24, 2.45) is 0 Å². The third-order valence-corrected chi connectivity index (χ3v) is 4.92. The van der Waals surface area contributed by atoms with Crippen LogP contribution in [0.5, 0.6) is 17.2 Å². The zero-order valence-electron chi connectivity index (χ0n) is 16.2. The standard InChI is InChI=1S/C21H19N3O4S/c1-4-28-15-9-8-13(11-17(15)27-3)10-14(12-22)20(25)24-21-23-19-16(26-2)6-5-7-18(19)29-21/h5-11H,4H2,1-3H3,(H,23,24,25)/b14-10+. The number of ether oxygens (including phenoxy) is 3. The van der Waals surface area contributed by atoms with Crippen molar-refractivity contribution >= 4 is 38.7 Å². The van der Waals surface area contributed by atoms with Crippen LogP contribution >= 0.6 is 11.3 Å². The molecule has 1 heterocycles. The smallest absolute Gasteiger partial charge is 0.268 e. The molecule has 1 N–H and O–H groups in total. The summed E-state index contributed by atoms with van der Waals surface area (Å²) in [7, 11) is 3.10. The molecule has 3 aromatic rings. The topological polar surface area (TPSA) is 93.5 Å². The van der Waals surface area contributed by atoms with Crippen LogP contribution in [0.3, 0.4) is 0 Å². The molecule has 8 heteroatoms. The summed E-state index contributed by atoms with van der Waals surface area (Å²) < 4.78 is 17.0. The molecule has 0 saturated heterocycles. The number of aromatic nitrogens is 1. The lowest BCUT2D eigenvalue weighted by atomic mass is 10.1. The fourth-order valence-electron chi connectivity index (χ4n) is 2.67. The first kappa shape index (κ1) is 20.2. The number of carbonyl (C=O) groups excluding carboxylic acids is 1. The van der Waals surface area contributed by atoms with E-state index in [0.717, 1.165) is 4.70 Å². The predicted molar refractivity (Wildman–Crippen MR) is 113 cm³/mol. The molecule has 0 aliphatic carbocycles. The summed E-state index contributed by atoms with van der Waals surface area (Å²) >= 11 is 1.31. The van der Waals surface area contributed by atoms with Gasteiger partial charge in [-0.3, -0.25) is 10.1 Å². The minimum atomic E-state index is -0.543. The first-order valence-corrected chi connectivity index (χ1v) is 9.58. The van der Waals surface area contributed by atoms with Crippen LogP contribution < -0.4 is 19.5 Å². The zero-order chi connectivity index (χ0) is 20.8. The normalized spacial score (nSPS) is 11.0. The second-order valence-electron chi connectivity index (χ2n) is 5.79. The number of thiazole rings is 1. The maximum Gasteiger partial charge on any atom is 0.268 e. The Morgan fingerprint density at radius 1 is 1.21 bits per heavy atom. The van der Waals surface area contributed by atoms with E-state index in [4.69, 9.17) is 14.2 Å². The van der Waals surface area contributed by atoms with Gasteiger partial charge in [0.05, 0.1) is 25.5 Å². The molecule has 0 atom stereocenters. The van der Waals surface area contributed by atoms with Crippen molar-refractivity contribution in [1.29, 1.82) is 5.26 Å². The molecule has 3 rings (SSSR count). The lowest BCUT2D eigenvalue weighted by Crippen LogP contribution is -2.13. The van der Waals surface area contributed by atoms with E-state index in [-0.39, 0.29) is 5.57 Å². The van der Waals surface area contributed by atoms with Crippen LogP contribution in [0.1, 0.15) is 12.5 Å². The number of nitrogens with one attached hydrogen (secondary N) is 1. The largest absolute Gasteiger partial charge is 0.494 e. The number of methoxy groups -OCH3 is 2. The number of nitriles is 1. The number of anilines is 1. The summed E-state index contributed by atoms with van der Waals surface area (Å²) in [6, 6.07) is 12.7. The molecule has 0 aliphatic heterocycles. The summed E-state index contributed by atoms with van der Waals surface area (Å²) in [5.41, 5.74) is 1.25. The number of hydrogen-bond donors (Lipinski definition) is 1. The molecule has 0 unspecified atom stereocenters. The SMILES string of the molecule is CCOc1ccc(/C=C(\C#N)C(=O)Nc2nc3c(OC)cccc3s2)cc1OC. The van der Waals surface area contributed by atoms with Crippen molar-refractivity contribution in [2.75, 3.05) is 26.1 Å². The quantitative estimate of drug-likeness (QED) is 0.463. The molecule has 0 radical (unpaired) electrons. The van der Waals surface area contributed by atoms with Gasteiger partial charge in [-0.05, 0) is 42.8 Å². The van der Waals surface area contributed by atoms with E-state index < -0.39 is 5.91 Å². The fraction of sp³-hybridized carbons (Fsp3) is 0.190. The van der Waals surface area contributed by atoms with E-state index >= 15 is 0 Å². The Labute approximate surface area is 172 Å². The lowest BCUT2D eigenvalue weighted by Gasteiger charge is -2.09. The van der Waals surface area contributed by atoms with Crippen molar-refractivity contribution in [3.63, 3.8) is 0 Å². The van der Waals surface area contributed by atoms with Crippen LogP contribution in [0.25, 0.3) is 16.3 Å². The van der Waals surface area contributed by atoms with Crippen molar-refractivity contribution in [3.05, 3.63) is 47.5 Å². The van der Waals surface area contributed by atoms with Crippen LogP contribution in [0.2, 0.25) is 0 Å². The summed E-state index contributed by atoms with van der Waals surface area (Å²) in [4.78, 5) is 17.0. The maximum atomic E-state index is 12.6. The van der Waals surface area contributed by atoms with Crippen molar-refractivity contribution < 1.29 is 19.0 Å². The molecule has 0 bridgehead atoms. The van der Waals surface area contributed by atoms with Crippen LogP contribution in [0, 0.1) is 11.3 Å². The number of amides is 1. The Kier molecular flexibility index (Phi) is 6.32. The van der Waals surface area contributed by atoms with Gasteiger partial charge in [0.2, 0.25) is 0 Å². The predicted octanol–water partition coefficient (Wildman–Crippen LogP) is 4.26. The number of carbonyl (C=O) groups is 1. The third kappa shape index (κ3) is 4.47. The molecule has 7 nitrogen and oxygen atoms in total. The van der Waals surface area contributed by atoms with E-state index in [2.05, 4.69) is 10.3 Å². The second-order valence-corrected chi connectivity index (χ2v) is 6.82. The molecule has 29 heavy (non-hydrogen) atoms. The highest BCUT2D eigenvalue weighted by molar-refractivity contribution is 7.22. The van der Waals surface area contributed by atoms with Gasteiger partial charge in [0.1, 0.15) is 22.9 Å². The molecular weight excluding hydrogens is 390 g/mol. The Morgan fingerprint density at radius 3 is 2.69 bits per heavy atom. The van der Waals surface area contributed by atoms with Crippen molar-refractivity contribution in [1.82, 2.24) is 4.98 Å². The lowest BCUT2D eigenvalue weighted by molar-refractivity contribution is -0.112. The highest BCUT2D eigenvalue weighted by Gasteiger charge is 2.15. The molecule has 0 saturated carbocycles. The summed E-state index contributed by atoms with van der Waals surface area (Å²) in [5, 5.41) is 12.5. The van der Waals surface area contributed by atoms with Gasteiger partial charge in [-0.15, -0.1) is 0 Å². The average Bonchev–Trinajstić information content (AvgIpc) is 3.15. The molecule has 0 fully saturated rings. The van der Waals surface area contributed by atoms with E-state index in [1.165, 1.54) is 24.5 Å². The molecule has 1 aromatic heterocycles. The van der Waals surface area contributed by atoms with Crippen molar-refractivity contribution in [3.8, 4) is 23.3 Å². The van der Waals surface area contributed by atoms with Gasteiger partial charge in [-0.1, -0.05) is 23.5 Å². The van der Waals surface area contributed by atoms with Crippen molar-refractivity contribution in [2.45, 2.75) is 6.92 Å². The number of nitrogens with zero attached hydrogens (tertiary/aromatic N) is 2. The molecular formula is C21H19N3O4S. The zero-order valence-corrected chi connectivity index (χ0v) is 17.0. The van der Waals surface area contributed by atoms with Gasteiger partial charge in [-0.25, -0.2) is 4.98 Å². The summed E-state index contributed by atoms with van der Waals surface area (Å²) in [5.74, 6) is 1.20. The molecule has 0 aliphatic rings. The third-order valence-electron chi connectivity index (χ3n) is 3.99. The Morgan fingerprint density at radius 2 is 2.00 bits per heavy atom. The minimum absolute atomic E-state index is 0.0533. The van der Waals surface area contributed by atoms with Gasteiger partial charge >= 0.3 is 0 Å². The number of rotatable bonds is 7. The Balaban J connectivity index is 1.85. The van der Waals surface area contributed by atoms with Crippen LogP contribution in [-0.2, 0) is 4.79 Å². The minimum Gasteiger partial charge on any atom is -0.494 e. The van der Waals surface area contributed by atoms with Gasteiger partial charge in [0.15, 0.2) is 16.6 Å². The van der Waals surface area contributed by atoms with E-state index in [1.807, 2.05) is 25.1 Å². The number of hydrogen-bond acceptors (Lipinski definition) is 7. The number of fused-ring (bicyclic) bond motifs is 1. The van der Waals surface area contributed by atoms with E-state index in [9.17, 15) is 10.1 Å². The summed E-state index contributed by atoms with van der Waals surface area (Å²) in [6.45, 7) is 2.38. The number of para-hydroxylation sites is 1. The Hall–Kier alpha value is -3.57. The second kappa shape index (κ2) is 9.08. The molecule has 2 aromatic carbocycles. The van der Waals surface area contributed by atoms with E-state index in [1.54, 1.807) is 31.4 Å². The fourth-order valence-corrected chi connectivity index (χ4v) is 3.55. The van der Waals surface area contributed by atoms with Crippen LogP contribution in [0.4, 0.5) is 5.13 Å². The van der Waals surface area contributed by atoms with Crippen LogP contribution in [0.15, 0.2) is 42.0 Å². The monoisotopic (exact) mass is 409 g/mol. The highest BCUT2D eigenvalue weighted by atomic mass is 32.1. The molecule has 148 valence electrons. The van der Waals surface area contributed by atoms with Gasteiger partial charge < -0.3 is 14.2 Å². The summed E-state index contributed by atoms with van der Waals surface area (Å²) in [6.07, 6.45) is 1.49. The number of benzene rings is 2. The molecule has 0 spiro atoms. The van der Waals surface area contributed by atoms with Gasteiger partial charge in [-0.2, -0.15) is 5.26 Å². The highest BCUT2D eigenvalue weighted by Crippen LogP contribution is 2.32.